The fraction of sp³-hybridized carbons (Fsp3) is 0.100. The minimum atomic E-state index is -0.558. The van der Waals surface area contributed by atoms with Crippen LogP contribution in [0.3, 0.4) is 0 Å². The number of aromatic nitrogens is 1. The Labute approximate surface area is 95.5 Å². The second-order valence-corrected chi connectivity index (χ2v) is 3.54. The number of hydrogen-bond donors (Lipinski definition) is 0. The molecule has 0 aliphatic rings. The molecule has 0 amide bonds. The number of fused-ring (bicyclic) bond motifs is 1. The van der Waals surface area contributed by atoms with E-state index in [-0.39, 0.29) is 10.7 Å². The Kier molecular flexibility index (Phi) is 2.62. The lowest BCUT2D eigenvalue weighted by Gasteiger charge is -1.93. The minimum absolute atomic E-state index is 0.0518. The number of benzene rings is 1. The van der Waals surface area contributed by atoms with Crippen molar-refractivity contribution in [2.75, 3.05) is 0 Å². The number of halogens is 1. The summed E-state index contributed by atoms with van der Waals surface area (Å²) in [5.41, 5.74) is 0.677. The topological polar surface area (TPSA) is 69.2 Å². The molecular formula is C10H7ClN2O3. The second kappa shape index (κ2) is 3.94. The van der Waals surface area contributed by atoms with Crippen LogP contribution < -0.4 is 0 Å². The molecule has 0 fully saturated rings. The minimum Gasteiger partial charge on any atom is -0.440 e. The number of oxazole rings is 1. The summed E-state index contributed by atoms with van der Waals surface area (Å²) in [6, 6.07) is 2.70. The molecule has 1 heterocycles. The average Bonchev–Trinajstić information content (AvgIpc) is 2.58. The lowest BCUT2D eigenvalue weighted by atomic mass is 10.3. The highest BCUT2D eigenvalue weighted by Gasteiger charge is 2.16. The van der Waals surface area contributed by atoms with Gasteiger partial charge in [-0.2, -0.15) is 0 Å². The smallest absolute Gasteiger partial charge is 0.291 e. The fourth-order valence-electron chi connectivity index (χ4n) is 1.34. The van der Waals surface area contributed by atoms with Crippen LogP contribution in [0.5, 0.6) is 0 Å². The van der Waals surface area contributed by atoms with Crippen molar-refractivity contribution in [3.8, 4) is 0 Å². The van der Waals surface area contributed by atoms with Crippen LogP contribution in [0, 0.1) is 10.1 Å². The Balaban J connectivity index is 2.60. The van der Waals surface area contributed by atoms with E-state index in [2.05, 4.69) is 11.6 Å². The van der Waals surface area contributed by atoms with Crippen LogP contribution in [0.25, 0.3) is 11.1 Å². The van der Waals surface area contributed by atoms with Crippen molar-refractivity contribution in [1.82, 2.24) is 4.98 Å². The van der Waals surface area contributed by atoms with E-state index in [4.69, 9.17) is 16.0 Å². The summed E-state index contributed by atoms with van der Waals surface area (Å²) >= 11 is 5.74. The summed E-state index contributed by atoms with van der Waals surface area (Å²) in [5.74, 6) is 0.460. The van der Waals surface area contributed by atoms with Gasteiger partial charge in [-0.1, -0.05) is 17.7 Å². The Morgan fingerprint density at radius 1 is 1.62 bits per heavy atom. The van der Waals surface area contributed by atoms with Crippen molar-refractivity contribution in [2.45, 2.75) is 6.42 Å². The molecule has 2 aromatic rings. The van der Waals surface area contributed by atoms with Gasteiger partial charge in [0, 0.05) is 6.42 Å². The van der Waals surface area contributed by atoms with E-state index in [1.54, 1.807) is 6.08 Å². The first-order chi connectivity index (χ1) is 7.61. The van der Waals surface area contributed by atoms with Crippen LogP contribution in [0.4, 0.5) is 5.69 Å². The molecule has 2 rings (SSSR count). The van der Waals surface area contributed by atoms with Gasteiger partial charge in [0.2, 0.25) is 0 Å². The maximum Gasteiger partial charge on any atom is 0.291 e. The van der Waals surface area contributed by atoms with Crippen LogP contribution in [-0.2, 0) is 6.42 Å². The predicted octanol–water partition coefficient (Wildman–Crippen LogP) is 3.12. The van der Waals surface area contributed by atoms with Gasteiger partial charge in [-0.15, -0.1) is 6.58 Å². The van der Waals surface area contributed by atoms with Crippen LogP contribution >= 0.6 is 11.6 Å². The van der Waals surface area contributed by atoms with Gasteiger partial charge in [0.25, 0.3) is 5.69 Å². The van der Waals surface area contributed by atoms with Gasteiger partial charge in [0.15, 0.2) is 11.5 Å². The van der Waals surface area contributed by atoms with Gasteiger partial charge in [-0.3, -0.25) is 10.1 Å². The number of hydrogen-bond acceptors (Lipinski definition) is 4. The third kappa shape index (κ3) is 1.77. The number of nitro groups is 1. The largest absolute Gasteiger partial charge is 0.440 e. The molecular weight excluding hydrogens is 232 g/mol. The Morgan fingerprint density at radius 2 is 2.38 bits per heavy atom. The summed E-state index contributed by atoms with van der Waals surface area (Å²) in [6.07, 6.45) is 2.11. The van der Waals surface area contributed by atoms with Gasteiger partial charge in [-0.05, 0) is 6.07 Å². The Hall–Kier alpha value is -1.88. The van der Waals surface area contributed by atoms with Crippen LogP contribution in [-0.4, -0.2) is 9.91 Å². The highest BCUT2D eigenvalue weighted by molar-refractivity contribution is 6.33. The summed E-state index contributed by atoms with van der Waals surface area (Å²) in [5, 5.41) is 10.7. The number of rotatable bonds is 3. The number of nitro benzene ring substituents is 1. The monoisotopic (exact) mass is 238 g/mol. The van der Waals surface area contributed by atoms with Crippen molar-refractivity contribution < 1.29 is 9.34 Å². The van der Waals surface area contributed by atoms with Crippen molar-refractivity contribution in [1.29, 1.82) is 0 Å². The van der Waals surface area contributed by atoms with Crippen molar-refractivity contribution in [3.63, 3.8) is 0 Å². The first-order valence-electron chi connectivity index (χ1n) is 4.46. The lowest BCUT2D eigenvalue weighted by molar-refractivity contribution is -0.384. The van der Waals surface area contributed by atoms with Crippen LogP contribution in [0.15, 0.2) is 29.2 Å². The molecule has 1 aromatic heterocycles. The first kappa shape index (κ1) is 10.6. The van der Waals surface area contributed by atoms with Gasteiger partial charge in [-0.25, -0.2) is 4.98 Å². The van der Waals surface area contributed by atoms with E-state index in [9.17, 15) is 10.1 Å². The van der Waals surface area contributed by atoms with Gasteiger partial charge in [0.05, 0.1) is 11.0 Å². The summed E-state index contributed by atoms with van der Waals surface area (Å²) in [4.78, 5) is 14.2. The third-order valence-electron chi connectivity index (χ3n) is 2.02. The molecule has 82 valence electrons. The molecule has 0 aliphatic carbocycles. The quantitative estimate of drug-likeness (QED) is 0.468. The Bertz CT molecular complexity index is 577. The fourth-order valence-corrected chi connectivity index (χ4v) is 1.56. The van der Waals surface area contributed by atoms with E-state index in [0.29, 0.717) is 23.4 Å². The van der Waals surface area contributed by atoms with Crippen molar-refractivity contribution >= 4 is 28.4 Å². The highest BCUT2D eigenvalue weighted by Crippen LogP contribution is 2.30. The molecule has 0 bridgehead atoms. The maximum absolute atomic E-state index is 10.6. The van der Waals surface area contributed by atoms with E-state index >= 15 is 0 Å². The molecule has 0 N–H and O–H groups in total. The molecule has 0 atom stereocenters. The van der Waals surface area contributed by atoms with Crippen LogP contribution in [0.2, 0.25) is 5.02 Å². The molecule has 16 heavy (non-hydrogen) atoms. The zero-order chi connectivity index (χ0) is 11.7. The Morgan fingerprint density at radius 3 is 3.00 bits per heavy atom. The first-order valence-corrected chi connectivity index (χ1v) is 4.84. The maximum atomic E-state index is 10.6. The van der Waals surface area contributed by atoms with E-state index in [0.717, 1.165) is 0 Å². The second-order valence-electron chi connectivity index (χ2n) is 3.13. The highest BCUT2D eigenvalue weighted by atomic mass is 35.5. The molecule has 6 heteroatoms. The average molecular weight is 239 g/mol. The molecule has 0 radical (unpaired) electrons. The number of allylic oxidation sites excluding steroid dienone is 1. The summed E-state index contributed by atoms with van der Waals surface area (Å²) < 4.78 is 5.31. The summed E-state index contributed by atoms with van der Waals surface area (Å²) in [7, 11) is 0. The number of nitrogens with zero attached hydrogens (tertiary/aromatic N) is 2. The molecule has 1 aromatic carbocycles. The van der Waals surface area contributed by atoms with Crippen LogP contribution in [0.1, 0.15) is 5.89 Å². The zero-order valence-corrected chi connectivity index (χ0v) is 8.90. The van der Waals surface area contributed by atoms with Gasteiger partial charge >= 0.3 is 0 Å². The molecule has 0 spiro atoms. The van der Waals surface area contributed by atoms with Gasteiger partial charge < -0.3 is 4.42 Å². The van der Waals surface area contributed by atoms with E-state index < -0.39 is 4.92 Å². The zero-order valence-electron chi connectivity index (χ0n) is 8.14. The lowest BCUT2D eigenvalue weighted by Crippen LogP contribution is -1.88. The SMILES string of the molecule is C=CCc1nc2cc(Cl)c([N+](=O)[O-])cc2o1. The van der Waals surface area contributed by atoms with E-state index in [1.165, 1.54) is 12.1 Å². The third-order valence-corrected chi connectivity index (χ3v) is 2.32. The summed E-state index contributed by atoms with van der Waals surface area (Å²) in [6.45, 7) is 3.56. The van der Waals surface area contributed by atoms with Crippen molar-refractivity contribution in [3.05, 3.63) is 45.8 Å². The molecule has 5 nitrogen and oxygen atoms in total. The van der Waals surface area contributed by atoms with Gasteiger partial charge in [0.1, 0.15) is 10.5 Å². The predicted molar refractivity (Wildman–Crippen MR) is 59.6 cm³/mol. The molecule has 0 unspecified atom stereocenters. The van der Waals surface area contributed by atoms with E-state index in [1.807, 2.05) is 0 Å². The molecule has 0 saturated heterocycles. The van der Waals surface area contributed by atoms with Crippen molar-refractivity contribution in [2.24, 2.45) is 0 Å². The normalized spacial score (nSPS) is 10.6. The standard InChI is InChI=1S/C10H7ClN2O3/c1-2-3-10-12-7-4-6(11)8(13(14)15)5-9(7)16-10/h2,4-5H,1,3H2. The molecule has 0 aliphatic heterocycles. The molecule has 0 saturated carbocycles.